The number of hydrogen-bond donors (Lipinski definition) is 4. The third-order valence-corrected chi connectivity index (χ3v) is 3.26. The van der Waals surface area contributed by atoms with Gasteiger partial charge in [0, 0.05) is 13.0 Å². The van der Waals surface area contributed by atoms with Gasteiger partial charge in [0.05, 0.1) is 24.7 Å². The van der Waals surface area contributed by atoms with Crippen LogP contribution in [-0.2, 0) is 4.79 Å². The highest BCUT2D eigenvalue weighted by molar-refractivity contribution is 5.73. The van der Waals surface area contributed by atoms with Crippen molar-refractivity contribution in [1.82, 2.24) is 9.97 Å². The number of nitrogens with zero attached hydrogens (tertiary/aromatic N) is 3. The molecule has 7 N–H and O–H groups in total. The third-order valence-electron chi connectivity index (χ3n) is 3.26. The molecular formula is C15H21N7O2. The van der Waals surface area contributed by atoms with Crippen LogP contribution >= 0.6 is 0 Å². The second-order valence-corrected chi connectivity index (χ2v) is 5.04. The first-order valence-corrected chi connectivity index (χ1v) is 7.35. The lowest BCUT2D eigenvalue weighted by Crippen LogP contribution is -2.27. The van der Waals surface area contributed by atoms with E-state index >= 15 is 0 Å². The summed E-state index contributed by atoms with van der Waals surface area (Å²) < 4.78 is 5.12. The van der Waals surface area contributed by atoms with Gasteiger partial charge in [-0.2, -0.15) is 4.98 Å². The Balaban J connectivity index is 2.10. The molecule has 0 bridgehead atoms. The van der Waals surface area contributed by atoms with Crippen LogP contribution in [0, 0.1) is 0 Å². The van der Waals surface area contributed by atoms with Gasteiger partial charge in [-0.1, -0.05) is 0 Å². The van der Waals surface area contributed by atoms with Crippen LogP contribution in [0.4, 0.5) is 23.1 Å². The average Bonchev–Trinajstić information content (AvgIpc) is 2.59. The van der Waals surface area contributed by atoms with Gasteiger partial charge >= 0.3 is 0 Å². The van der Waals surface area contributed by atoms with Crippen molar-refractivity contribution in [3.8, 4) is 5.75 Å². The summed E-state index contributed by atoms with van der Waals surface area (Å²) in [6, 6.07) is 7.16. The average molecular weight is 331 g/mol. The molecular weight excluding hydrogens is 310 g/mol. The van der Waals surface area contributed by atoms with Crippen molar-refractivity contribution >= 4 is 29.0 Å². The predicted octanol–water partition coefficient (Wildman–Crippen LogP) is 0.757. The minimum Gasteiger partial charge on any atom is -0.497 e. The van der Waals surface area contributed by atoms with Crippen molar-refractivity contribution in [1.29, 1.82) is 0 Å². The number of benzene rings is 1. The summed E-state index contributed by atoms with van der Waals surface area (Å²) in [7, 11) is 1.59. The number of anilines is 4. The largest absolute Gasteiger partial charge is 0.497 e. The summed E-state index contributed by atoms with van der Waals surface area (Å²) in [5.74, 6) is 7.22. The molecule has 0 aliphatic carbocycles. The summed E-state index contributed by atoms with van der Waals surface area (Å²) in [6.45, 7) is 0.513. The van der Waals surface area contributed by atoms with E-state index in [2.05, 4.69) is 15.3 Å². The molecule has 2 aromatic rings. The molecule has 0 atom stereocenters. The van der Waals surface area contributed by atoms with Gasteiger partial charge in [-0.05, 0) is 30.7 Å². The summed E-state index contributed by atoms with van der Waals surface area (Å²) in [5, 5.41) is 4.37. The van der Waals surface area contributed by atoms with Crippen LogP contribution in [-0.4, -0.2) is 29.5 Å². The molecule has 1 amide bonds. The summed E-state index contributed by atoms with van der Waals surface area (Å²) >= 11 is 0. The van der Waals surface area contributed by atoms with E-state index in [1.165, 1.54) is 11.2 Å². The number of hydrazine groups is 1. The number of nitrogen functional groups attached to an aromatic ring is 1. The second kappa shape index (κ2) is 7.97. The topological polar surface area (TPSA) is 145 Å². The fourth-order valence-corrected chi connectivity index (χ4v) is 1.99. The van der Waals surface area contributed by atoms with Crippen LogP contribution in [0.5, 0.6) is 5.75 Å². The third kappa shape index (κ3) is 4.46. The van der Waals surface area contributed by atoms with Gasteiger partial charge in [-0.3, -0.25) is 9.80 Å². The van der Waals surface area contributed by atoms with E-state index in [4.69, 9.17) is 22.0 Å². The highest BCUT2D eigenvalue weighted by Crippen LogP contribution is 2.27. The van der Waals surface area contributed by atoms with Crippen LogP contribution in [0.2, 0.25) is 0 Å². The molecule has 0 spiro atoms. The normalized spacial score (nSPS) is 10.2. The molecule has 0 radical (unpaired) electrons. The molecule has 128 valence electrons. The summed E-state index contributed by atoms with van der Waals surface area (Å²) in [6.07, 6.45) is 2.36. The number of hydrogen-bond acceptors (Lipinski definition) is 8. The lowest BCUT2D eigenvalue weighted by Gasteiger charge is -2.20. The monoisotopic (exact) mass is 331 g/mol. The van der Waals surface area contributed by atoms with Crippen LogP contribution in [0.3, 0.4) is 0 Å². The van der Waals surface area contributed by atoms with E-state index in [0.29, 0.717) is 42.5 Å². The molecule has 2 rings (SSSR count). The highest BCUT2D eigenvalue weighted by atomic mass is 16.5. The summed E-state index contributed by atoms with van der Waals surface area (Å²) in [4.78, 5) is 19.1. The first-order chi connectivity index (χ1) is 11.5. The lowest BCUT2D eigenvalue weighted by molar-refractivity contribution is -0.118. The van der Waals surface area contributed by atoms with E-state index in [1.807, 2.05) is 0 Å². The van der Waals surface area contributed by atoms with Gasteiger partial charge in [0.15, 0.2) is 5.82 Å². The zero-order valence-electron chi connectivity index (χ0n) is 13.4. The fourth-order valence-electron chi connectivity index (χ4n) is 1.99. The number of ether oxygens (including phenoxy) is 1. The maximum Gasteiger partial charge on any atom is 0.224 e. The zero-order chi connectivity index (χ0) is 17.5. The Hall–Kier alpha value is -3.07. The molecule has 1 aromatic carbocycles. The highest BCUT2D eigenvalue weighted by Gasteiger charge is 2.12. The van der Waals surface area contributed by atoms with Gasteiger partial charge in [-0.15, -0.1) is 0 Å². The van der Waals surface area contributed by atoms with Crippen molar-refractivity contribution in [2.45, 2.75) is 12.8 Å². The maximum atomic E-state index is 10.7. The quantitative estimate of drug-likeness (QED) is 0.315. The van der Waals surface area contributed by atoms with Crippen LogP contribution < -0.4 is 32.4 Å². The predicted molar refractivity (Wildman–Crippen MR) is 92.7 cm³/mol. The van der Waals surface area contributed by atoms with Gasteiger partial charge in [-0.25, -0.2) is 10.8 Å². The first-order valence-electron chi connectivity index (χ1n) is 7.35. The number of nitrogens with two attached hydrogens (primary N) is 3. The van der Waals surface area contributed by atoms with Gasteiger partial charge in [0.2, 0.25) is 11.9 Å². The number of carbonyl (C=O) groups excluding carboxylic acids is 1. The van der Waals surface area contributed by atoms with E-state index < -0.39 is 0 Å². The molecule has 24 heavy (non-hydrogen) atoms. The Kier molecular flexibility index (Phi) is 5.74. The number of nitrogens with one attached hydrogen (secondary N) is 1. The minimum atomic E-state index is -0.344. The molecule has 9 nitrogen and oxygen atoms in total. The number of amides is 1. The van der Waals surface area contributed by atoms with Crippen LogP contribution in [0.25, 0.3) is 0 Å². The van der Waals surface area contributed by atoms with Crippen molar-refractivity contribution < 1.29 is 9.53 Å². The molecule has 0 saturated heterocycles. The number of methoxy groups -OCH3 is 1. The smallest absolute Gasteiger partial charge is 0.224 e. The molecule has 9 heteroatoms. The van der Waals surface area contributed by atoms with E-state index in [-0.39, 0.29) is 5.91 Å². The van der Waals surface area contributed by atoms with Crippen molar-refractivity contribution in [2.75, 3.05) is 29.7 Å². The molecule has 0 saturated carbocycles. The number of carbonyl (C=O) groups is 1. The maximum absolute atomic E-state index is 10.7. The van der Waals surface area contributed by atoms with Gasteiger partial charge in [0.1, 0.15) is 5.75 Å². The lowest BCUT2D eigenvalue weighted by atomic mass is 10.3. The van der Waals surface area contributed by atoms with Crippen LogP contribution in [0.1, 0.15) is 12.8 Å². The Morgan fingerprint density at radius 2 is 2.04 bits per heavy atom. The minimum absolute atomic E-state index is 0.295. The van der Waals surface area contributed by atoms with E-state index in [9.17, 15) is 4.79 Å². The molecule has 0 aliphatic rings. The van der Waals surface area contributed by atoms with Gasteiger partial charge in [0.25, 0.3) is 0 Å². The van der Waals surface area contributed by atoms with Crippen LogP contribution in [0.15, 0.2) is 30.5 Å². The van der Waals surface area contributed by atoms with Crippen molar-refractivity contribution in [3.05, 3.63) is 30.5 Å². The SMILES string of the molecule is COc1ccc(N(N)c2nc(NCCCC(N)=O)ncc2N)cc1. The molecule has 0 unspecified atom stereocenters. The number of rotatable bonds is 8. The number of primary amides is 1. The second-order valence-electron chi connectivity index (χ2n) is 5.04. The summed E-state index contributed by atoms with van der Waals surface area (Å²) in [5.41, 5.74) is 12.1. The molecule has 1 heterocycles. The number of aromatic nitrogens is 2. The zero-order valence-corrected chi connectivity index (χ0v) is 13.4. The molecule has 0 fully saturated rings. The van der Waals surface area contributed by atoms with Gasteiger partial charge < -0.3 is 21.5 Å². The Morgan fingerprint density at radius 1 is 1.33 bits per heavy atom. The van der Waals surface area contributed by atoms with Crippen molar-refractivity contribution in [2.24, 2.45) is 11.6 Å². The van der Waals surface area contributed by atoms with E-state index in [0.717, 1.165) is 5.75 Å². The van der Waals surface area contributed by atoms with Crippen molar-refractivity contribution in [3.63, 3.8) is 0 Å². The Bertz CT molecular complexity index is 691. The Labute approximate surface area is 139 Å². The van der Waals surface area contributed by atoms with E-state index in [1.54, 1.807) is 31.4 Å². The molecule has 1 aromatic heterocycles. The fraction of sp³-hybridized carbons (Fsp3) is 0.267. The first kappa shape index (κ1) is 17.3. The Morgan fingerprint density at radius 3 is 2.67 bits per heavy atom. The molecule has 0 aliphatic heterocycles. The standard InChI is InChI=1S/C15H21N7O2/c1-24-11-6-4-10(5-7-11)22(18)14-12(16)9-20-15(21-14)19-8-2-3-13(17)23/h4-7,9H,2-3,8,16,18H2,1H3,(H2,17,23)(H,19,20,21).